The van der Waals surface area contributed by atoms with Crippen molar-refractivity contribution in [3.63, 3.8) is 0 Å². The van der Waals surface area contributed by atoms with Crippen molar-refractivity contribution in [2.24, 2.45) is 0 Å². The van der Waals surface area contributed by atoms with Crippen molar-refractivity contribution in [1.82, 2.24) is 5.32 Å². The van der Waals surface area contributed by atoms with Crippen molar-refractivity contribution in [3.05, 3.63) is 70.8 Å². The number of rotatable bonds is 4. The van der Waals surface area contributed by atoms with Crippen LogP contribution in [-0.4, -0.2) is 7.05 Å². The molecule has 0 aliphatic carbocycles. The summed E-state index contributed by atoms with van der Waals surface area (Å²) in [4.78, 5) is 0. The number of halogens is 2. The predicted octanol–water partition coefficient (Wildman–Crippen LogP) is 3.78. The summed E-state index contributed by atoms with van der Waals surface area (Å²) >= 11 is 0. The Balaban J connectivity index is 2.22. The molecule has 1 nitrogen and oxygen atoms in total. The fourth-order valence-corrected chi connectivity index (χ4v) is 2.21. The van der Waals surface area contributed by atoms with Gasteiger partial charge in [0, 0.05) is 6.04 Å². The zero-order valence-electron chi connectivity index (χ0n) is 11.1. The van der Waals surface area contributed by atoms with Gasteiger partial charge < -0.3 is 5.32 Å². The Morgan fingerprint density at radius 2 is 1.68 bits per heavy atom. The smallest absolute Gasteiger partial charge is 0.123 e. The molecule has 3 heteroatoms. The summed E-state index contributed by atoms with van der Waals surface area (Å²) in [5.41, 5.74) is 2.82. The van der Waals surface area contributed by atoms with Gasteiger partial charge in [0.15, 0.2) is 0 Å². The van der Waals surface area contributed by atoms with Gasteiger partial charge >= 0.3 is 0 Å². The summed E-state index contributed by atoms with van der Waals surface area (Å²) in [6.07, 6.45) is 0.694. The van der Waals surface area contributed by atoms with E-state index in [1.54, 1.807) is 12.1 Å². The van der Waals surface area contributed by atoms with Gasteiger partial charge in [-0.05, 0) is 61.3 Å². The summed E-state index contributed by atoms with van der Waals surface area (Å²) < 4.78 is 26.3. The van der Waals surface area contributed by atoms with Gasteiger partial charge in [-0.25, -0.2) is 8.78 Å². The Kier molecular flexibility index (Phi) is 4.27. The van der Waals surface area contributed by atoms with Crippen molar-refractivity contribution in [3.8, 4) is 0 Å². The van der Waals surface area contributed by atoms with Crippen LogP contribution < -0.4 is 5.32 Å². The molecule has 0 fully saturated rings. The predicted molar refractivity (Wildman–Crippen MR) is 73.0 cm³/mol. The molecule has 0 aliphatic heterocycles. The molecular weight excluding hydrogens is 244 g/mol. The van der Waals surface area contributed by atoms with E-state index in [-0.39, 0.29) is 17.7 Å². The number of benzene rings is 2. The normalized spacial score (nSPS) is 12.4. The van der Waals surface area contributed by atoms with Crippen LogP contribution in [0.25, 0.3) is 0 Å². The van der Waals surface area contributed by atoms with Crippen LogP contribution in [0.2, 0.25) is 0 Å². The quantitative estimate of drug-likeness (QED) is 0.883. The first-order valence-corrected chi connectivity index (χ1v) is 6.27. The zero-order valence-corrected chi connectivity index (χ0v) is 11.1. The van der Waals surface area contributed by atoms with Gasteiger partial charge in [-0.15, -0.1) is 0 Å². The fourth-order valence-electron chi connectivity index (χ4n) is 2.21. The van der Waals surface area contributed by atoms with Crippen molar-refractivity contribution in [1.29, 1.82) is 0 Å². The van der Waals surface area contributed by atoms with E-state index in [1.165, 1.54) is 24.3 Å². The fraction of sp³-hybridized carbons (Fsp3) is 0.250. The second kappa shape index (κ2) is 5.93. The van der Waals surface area contributed by atoms with Crippen molar-refractivity contribution in [2.45, 2.75) is 19.4 Å². The number of hydrogen-bond donors (Lipinski definition) is 1. The monoisotopic (exact) mass is 261 g/mol. The summed E-state index contributed by atoms with van der Waals surface area (Å²) in [5, 5.41) is 3.18. The van der Waals surface area contributed by atoms with E-state index in [4.69, 9.17) is 0 Å². The van der Waals surface area contributed by atoms with Crippen LogP contribution in [0.5, 0.6) is 0 Å². The van der Waals surface area contributed by atoms with Gasteiger partial charge in [0.25, 0.3) is 0 Å². The van der Waals surface area contributed by atoms with Crippen molar-refractivity contribution >= 4 is 0 Å². The van der Waals surface area contributed by atoms with E-state index in [0.717, 1.165) is 16.7 Å². The van der Waals surface area contributed by atoms with Crippen molar-refractivity contribution in [2.75, 3.05) is 7.05 Å². The molecule has 2 aromatic carbocycles. The molecular formula is C16H17F2N. The van der Waals surface area contributed by atoms with E-state index < -0.39 is 0 Å². The summed E-state index contributed by atoms with van der Waals surface area (Å²) in [7, 11) is 1.84. The molecule has 2 aromatic rings. The van der Waals surface area contributed by atoms with Crippen LogP contribution in [0.4, 0.5) is 8.78 Å². The summed E-state index contributed by atoms with van der Waals surface area (Å²) in [6, 6.07) is 11.4. The minimum atomic E-state index is -0.244. The van der Waals surface area contributed by atoms with Crippen LogP contribution in [0.15, 0.2) is 42.5 Å². The highest BCUT2D eigenvalue weighted by Gasteiger charge is 2.11. The molecule has 0 bridgehead atoms. The largest absolute Gasteiger partial charge is 0.313 e. The minimum Gasteiger partial charge on any atom is -0.313 e. The lowest BCUT2D eigenvalue weighted by molar-refractivity contribution is 0.575. The van der Waals surface area contributed by atoms with Gasteiger partial charge in [0.2, 0.25) is 0 Å². The standard InChI is InChI=1S/C16H17F2N/c1-11-7-13(10-15(18)8-11)16(19-2)9-12-3-5-14(17)6-4-12/h3-8,10,16,19H,9H2,1-2H3. The van der Waals surface area contributed by atoms with Crippen LogP contribution in [-0.2, 0) is 6.42 Å². The maximum absolute atomic E-state index is 13.4. The lowest BCUT2D eigenvalue weighted by Gasteiger charge is -2.17. The molecule has 2 rings (SSSR count). The van der Waals surface area contributed by atoms with Crippen LogP contribution in [0.3, 0.4) is 0 Å². The molecule has 0 saturated carbocycles. The lowest BCUT2D eigenvalue weighted by Crippen LogP contribution is -2.19. The van der Waals surface area contributed by atoms with E-state index in [2.05, 4.69) is 5.32 Å². The van der Waals surface area contributed by atoms with Crippen LogP contribution in [0, 0.1) is 18.6 Å². The van der Waals surface area contributed by atoms with Gasteiger partial charge in [-0.1, -0.05) is 18.2 Å². The Morgan fingerprint density at radius 3 is 2.26 bits per heavy atom. The lowest BCUT2D eigenvalue weighted by atomic mass is 9.97. The molecule has 0 radical (unpaired) electrons. The molecule has 19 heavy (non-hydrogen) atoms. The topological polar surface area (TPSA) is 12.0 Å². The van der Waals surface area contributed by atoms with Gasteiger partial charge in [-0.3, -0.25) is 0 Å². The maximum atomic E-state index is 13.4. The summed E-state index contributed by atoms with van der Waals surface area (Å²) in [6.45, 7) is 1.87. The molecule has 0 aromatic heterocycles. The molecule has 0 aliphatic rings. The highest BCUT2D eigenvalue weighted by molar-refractivity contribution is 5.28. The van der Waals surface area contributed by atoms with E-state index in [9.17, 15) is 8.78 Å². The SMILES string of the molecule is CNC(Cc1ccc(F)cc1)c1cc(C)cc(F)c1. The van der Waals surface area contributed by atoms with E-state index >= 15 is 0 Å². The molecule has 0 saturated heterocycles. The molecule has 0 heterocycles. The first-order valence-electron chi connectivity index (χ1n) is 6.27. The minimum absolute atomic E-state index is 0.0138. The Bertz CT molecular complexity index is 529. The van der Waals surface area contributed by atoms with Crippen LogP contribution in [0.1, 0.15) is 22.7 Å². The number of aryl methyl sites for hydroxylation is 1. The first-order chi connectivity index (χ1) is 9.08. The van der Waals surface area contributed by atoms with Gasteiger partial charge in [-0.2, -0.15) is 0 Å². The third kappa shape index (κ3) is 3.61. The molecule has 1 unspecified atom stereocenters. The average Bonchev–Trinajstić information content (AvgIpc) is 2.37. The number of hydrogen-bond acceptors (Lipinski definition) is 1. The molecule has 100 valence electrons. The molecule has 0 amide bonds. The van der Waals surface area contributed by atoms with Gasteiger partial charge in [0.05, 0.1) is 0 Å². The van der Waals surface area contributed by atoms with Crippen LogP contribution >= 0.6 is 0 Å². The average molecular weight is 261 g/mol. The van der Waals surface area contributed by atoms with Gasteiger partial charge in [0.1, 0.15) is 11.6 Å². The first kappa shape index (κ1) is 13.7. The Morgan fingerprint density at radius 1 is 1.00 bits per heavy atom. The third-order valence-electron chi connectivity index (χ3n) is 3.17. The maximum Gasteiger partial charge on any atom is 0.123 e. The molecule has 1 atom stereocenters. The van der Waals surface area contributed by atoms with Crippen molar-refractivity contribution < 1.29 is 8.78 Å². The molecule has 0 spiro atoms. The Hall–Kier alpha value is -1.74. The summed E-state index contributed by atoms with van der Waals surface area (Å²) in [5.74, 6) is -0.472. The second-order valence-electron chi connectivity index (χ2n) is 4.73. The number of nitrogens with one attached hydrogen (secondary N) is 1. The number of likely N-dealkylation sites (N-methyl/N-ethyl adjacent to an activating group) is 1. The highest BCUT2D eigenvalue weighted by Crippen LogP contribution is 2.20. The Labute approximate surface area is 112 Å². The highest BCUT2D eigenvalue weighted by atomic mass is 19.1. The second-order valence-corrected chi connectivity index (χ2v) is 4.73. The van der Waals surface area contributed by atoms with E-state index in [1.807, 2.05) is 20.0 Å². The third-order valence-corrected chi connectivity index (χ3v) is 3.17. The van der Waals surface area contributed by atoms with E-state index in [0.29, 0.717) is 6.42 Å². The zero-order chi connectivity index (χ0) is 13.8. The molecule has 1 N–H and O–H groups in total.